The molecular weight excluding hydrogens is 410 g/mol. The summed E-state index contributed by atoms with van der Waals surface area (Å²) in [7, 11) is 1.55. The van der Waals surface area contributed by atoms with Gasteiger partial charge in [-0.05, 0) is 50.1 Å². The van der Waals surface area contributed by atoms with E-state index in [-0.39, 0.29) is 11.3 Å². The first-order valence-corrected chi connectivity index (χ1v) is 10.8. The molecule has 7 heteroatoms. The van der Waals surface area contributed by atoms with Gasteiger partial charge in [0.15, 0.2) is 0 Å². The van der Waals surface area contributed by atoms with Gasteiger partial charge in [0, 0.05) is 12.6 Å². The molecule has 1 heterocycles. The average molecular weight is 440 g/mol. The zero-order chi connectivity index (χ0) is 23.3. The molecule has 0 aromatic heterocycles. The van der Waals surface area contributed by atoms with Crippen molar-refractivity contribution in [3.8, 4) is 17.2 Å². The fourth-order valence-electron chi connectivity index (χ4n) is 3.88. The van der Waals surface area contributed by atoms with Gasteiger partial charge in [0.05, 0.1) is 37.5 Å². The molecule has 1 unspecified atom stereocenters. The van der Waals surface area contributed by atoms with Gasteiger partial charge >= 0.3 is 0 Å². The van der Waals surface area contributed by atoms with Crippen LogP contribution in [-0.4, -0.2) is 48.6 Å². The topological polar surface area (TPSA) is 85.3 Å². The van der Waals surface area contributed by atoms with Crippen LogP contribution in [0, 0.1) is 0 Å². The van der Waals surface area contributed by atoms with Crippen LogP contribution < -0.4 is 14.2 Å². The van der Waals surface area contributed by atoms with E-state index in [0.717, 1.165) is 0 Å². The first-order valence-electron chi connectivity index (χ1n) is 10.8. The van der Waals surface area contributed by atoms with E-state index in [2.05, 4.69) is 0 Å². The lowest BCUT2D eigenvalue weighted by Crippen LogP contribution is -2.30. The molecule has 1 aliphatic heterocycles. The van der Waals surface area contributed by atoms with Gasteiger partial charge in [0.1, 0.15) is 23.0 Å². The number of rotatable bonds is 9. The van der Waals surface area contributed by atoms with Crippen molar-refractivity contribution in [3.63, 3.8) is 0 Å². The standard InChI is InChI=1S/C25H29NO6/c1-5-13-26-22(16-9-8-10-17(14-16)30-4)21(24(28)25(26)29)23(27)19-12-11-18(31-6-2)15-20(19)32-7-3/h8-12,14-15,22,27H,5-7,13H2,1-4H3/b23-21-. The van der Waals surface area contributed by atoms with Gasteiger partial charge in [-0.3, -0.25) is 9.59 Å². The third-order valence-corrected chi connectivity index (χ3v) is 5.23. The second-order valence-corrected chi connectivity index (χ2v) is 7.29. The van der Waals surface area contributed by atoms with Crippen LogP contribution in [0.4, 0.5) is 0 Å². The SMILES string of the molecule is CCCN1C(=O)C(=O)/C(=C(\O)c2ccc(OCC)cc2OCC)C1c1cccc(OC)c1. The predicted octanol–water partition coefficient (Wildman–Crippen LogP) is 4.32. The highest BCUT2D eigenvalue weighted by Gasteiger charge is 2.46. The van der Waals surface area contributed by atoms with Crippen LogP contribution in [0.25, 0.3) is 5.76 Å². The van der Waals surface area contributed by atoms with Gasteiger partial charge in [-0.2, -0.15) is 0 Å². The van der Waals surface area contributed by atoms with Crippen molar-refractivity contribution in [2.24, 2.45) is 0 Å². The zero-order valence-corrected chi connectivity index (χ0v) is 18.9. The smallest absolute Gasteiger partial charge is 0.295 e. The molecule has 1 amide bonds. The minimum absolute atomic E-state index is 0.0295. The van der Waals surface area contributed by atoms with Crippen molar-refractivity contribution in [3.05, 3.63) is 59.2 Å². The Morgan fingerprint density at radius 3 is 2.41 bits per heavy atom. The maximum atomic E-state index is 13.1. The summed E-state index contributed by atoms with van der Waals surface area (Å²) < 4.78 is 16.6. The second kappa shape index (κ2) is 10.2. The number of likely N-dealkylation sites (tertiary alicyclic amines) is 1. The van der Waals surface area contributed by atoms with E-state index >= 15 is 0 Å². The summed E-state index contributed by atoms with van der Waals surface area (Å²) in [6.45, 7) is 6.85. The maximum absolute atomic E-state index is 13.1. The number of hydrogen-bond acceptors (Lipinski definition) is 6. The predicted molar refractivity (Wildman–Crippen MR) is 121 cm³/mol. The van der Waals surface area contributed by atoms with E-state index in [1.165, 1.54) is 4.90 Å². The van der Waals surface area contributed by atoms with E-state index in [0.29, 0.717) is 54.6 Å². The highest BCUT2D eigenvalue weighted by atomic mass is 16.5. The number of carbonyl (C=O) groups is 2. The average Bonchev–Trinajstić information content (AvgIpc) is 3.04. The molecule has 32 heavy (non-hydrogen) atoms. The Hall–Kier alpha value is -3.48. The molecule has 1 atom stereocenters. The van der Waals surface area contributed by atoms with Crippen molar-refractivity contribution in [2.75, 3.05) is 26.9 Å². The number of ether oxygens (including phenoxy) is 3. The third kappa shape index (κ3) is 4.42. The Morgan fingerprint density at radius 1 is 1.00 bits per heavy atom. The van der Waals surface area contributed by atoms with Gasteiger partial charge in [0.2, 0.25) is 0 Å². The molecule has 2 aromatic carbocycles. The number of nitrogens with zero attached hydrogens (tertiary/aromatic N) is 1. The zero-order valence-electron chi connectivity index (χ0n) is 18.9. The van der Waals surface area contributed by atoms with Gasteiger partial charge in [0.25, 0.3) is 11.7 Å². The molecule has 3 rings (SSSR count). The quantitative estimate of drug-likeness (QED) is 0.356. The summed E-state index contributed by atoms with van der Waals surface area (Å²) in [5.41, 5.74) is 1.04. The van der Waals surface area contributed by atoms with E-state index in [9.17, 15) is 14.7 Å². The molecule has 170 valence electrons. The van der Waals surface area contributed by atoms with Crippen LogP contribution in [0.1, 0.15) is 44.4 Å². The fraction of sp³-hybridized carbons (Fsp3) is 0.360. The molecule has 0 saturated carbocycles. The Labute approximate surface area is 188 Å². The Morgan fingerprint density at radius 2 is 1.75 bits per heavy atom. The number of carbonyl (C=O) groups excluding carboxylic acids is 2. The lowest BCUT2D eigenvalue weighted by Gasteiger charge is -2.25. The monoisotopic (exact) mass is 439 g/mol. The van der Waals surface area contributed by atoms with Crippen LogP contribution in [0.15, 0.2) is 48.0 Å². The van der Waals surface area contributed by atoms with Crippen molar-refractivity contribution in [1.29, 1.82) is 0 Å². The Bertz CT molecular complexity index is 1030. The molecule has 7 nitrogen and oxygen atoms in total. The lowest BCUT2D eigenvalue weighted by molar-refractivity contribution is -0.139. The van der Waals surface area contributed by atoms with Crippen LogP contribution in [0.2, 0.25) is 0 Å². The number of hydrogen-bond donors (Lipinski definition) is 1. The van der Waals surface area contributed by atoms with E-state index in [1.807, 2.05) is 26.8 Å². The summed E-state index contributed by atoms with van der Waals surface area (Å²) in [6, 6.07) is 11.4. The second-order valence-electron chi connectivity index (χ2n) is 7.29. The molecule has 0 aliphatic carbocycles. The molecule has 0 radical (unpaired) electrons. The molecule has 0 bridgehead atoms. The van der Waals surface area contributed by atoms with Gasteiger partial charge in [-0.25, -0.2) is 0 Å². The fourth-order valence-corrected chi connectivity index (χ4v) is 3.88. The minimum Gasteiger partial charge on any atom is -0.507 e. The van der Waals surface area contributed by atoms with Gasteiger partial charge in [-0.15, -0.1) is 0 Å². The number of Topliss-reactive ketones (excluding diaryl/α,β-unsaturated/α-hetero) is 1. The van der Waals surface area contributed by atoms with Crippen LogP contribution in [-0.2, 0) is 9.59 Å². The summed E-state index contributed by atoms with van der Waals surface area (Å²) in [6.07, 6.45) is 0.667. The Balaban J connectivity index is 2.21. The van der Waals surface area contributed by atoms with E-state index < -0.39 is 17.7 Å². The van der Waals surface area contributed by atoms with Crippen molar-refractivity contribution >= 4 is 17.4 Å². The summed E-state index contributed by atoms with van der Waals surface area (Å²) in [5.74, 6) is -0.0718. The van der Waals surface area contributed by atoms with Gasteiger partial charge in [-0.1, -0.05) is 19.1 Å². The van der Waals surface area contributed by atoms with Crippen molar-refractivity contribution in [1.82, 2.24) is 4.90 Å². The van der Waals surface area contributed by atoms with Crippen molar-refractivity contribution < 1.29 is 28.9 Å². The largest absolute Gasteiger partial charge is 0.507 e. The van der Waals surface area contributed by atoms with E-state index in [1.54, 1.807) is 43.5 Å². The molecule has 1 N–H and O–H groups in total. The number of aliphatic hydroxyl groups excluding tert-OH is 1. The molecule has 1 fully saturated rings. The molecular formula is C25H29NO6. The number of amides is 1. The normalized spacial score (nSPS) is 17.5. The van der Waals surface area contributed by atoms with Crippen LogP contribution in [0.5, 0.6) is 17.2 Å². The molecule has 2 aromatic rings. The van der Waals surface area contributed by atoms with Crippen molar-refractivity contribution in [2.45, 2.75) is 33.2 Å². The number of ketones is 1. The summed E-state index contributed by atoms with van der Waals surface area (Å²) in [5, 5.41) is 11.3. The van der Waals surface area contributed by atoms with Gasteiger partial charge < -0.3 is 24.2 Å². The molecule has 1 saturated heterocycles. The lowest BCUT2D eigenvalue weighted by atomic mass is 9.94. The minimum atomic E-state index is -0.730. The third-order valence-electron chi connectivity index (χ3n) is 5.23. The number of methoxy groups -OCH3 is 1. The van der Waals surface area contributed by atoms with E-state index in [4.69, 9.17) is 14.2 Å². The highest BCUT2D eigenvalue weighted by molar-refractivity contribution is 6.46. The summed E-state index contributed by atoms with van der Waals surface area (Å²) >= 11 is 0. The number of benzene rings is 2. The first kappa shape index (κ1) is 23.2. The van der Waals surface area contributed by atoms with Crippen LogP contribution >= 0.6 is 0 Å². The molecule has 1 aliphatic rings. The van der Waals surface area contributed by atoms with Crippen LogP contribution in [0.3, 0.4) is 0 Å². The molecule has 0 spiro atoms. The highest BCUT2D eigenvalue weighted by Crippen LogP contribution is 2.42. The Kier molecular flexibility index (Phi) is 7.41. The maximum Gasteiger partial charge on any atom is 0.295 e. The first-order chi connectivity index (χ1) is 15.5. The number of aliphatic hydroxyl groups is 1. The summed E-state index contributed by atoms with van der Waals surface area (Å²) in [4.78, 5) is 27.5.